The Labute approximate surface area is 130 Å². The Morgan fingerprint density at radius 2 is 2.00 bits per heavy atom. The van der Waals surface area contributed by atoms with Crippen LogP contribution in [0.25, 0.3) is 11.6 Å². The van der Waals surface area contributed by atoms with E-state index in [2.05, 4.69) is 13.0 Å². The van der Waals surface area contributed by atoms with Gasteiger partial charge >= 0.3 is 0 Å². The Bertz CT molecular complexity index is 668. The van der Waals surface area contributed by atoms with Gasteiger partial charge in [-0.2, -0.15) is 5.26 Å². The van der Waals surface area contributed by atoms with Gasteiger partial charge in [-0.05, 0) is 47.9 Å². The molecule has 0 aliphatic carbocycles. The number of hydrogen-bond acceptors (Lipinski definition) is 2. The van der Waals surface area contributed by atoms with Gasteiger partial charge in [0.25, 0.3) is 0 Å². The molecular formula is C18H16ClNO. The molecule has 0 saturated carbocycles. The van der Waals surface area contributed by atoms with Crippen LogP contribution in [0.4, 0.5) is 0 Å². The Hall–Kier alpha value is -2.24. The fourth-order valence-corrected chi connectivity index (χ4v) is 2.02. The van der Waals surface area contributed by atoms with Crippen LogP contribution in [0.1, 0.15) is 24.5 Å². The summed E-state index contributed by atoms with van der Waals surface area (Å²) in [4.78, 5) is 0. The molecule has 2 aromatic rings. The van der Waals surface area contributed by atoms with E-state index in [4.69, 9.17) is 16.3 Å². The zero-order chi connectivity index (χ0) is 15.1. The summed E-state index contributed by atoms with van der Waals surface area (Å²) >= 11 is 5.87. The van der Waals surface area contributed by atoms with Crippen molar-refractivity contribution >= 4 is 23.3 Å². The molecule has 0 saturated heterocycles. The molecule has 0 unspecified atom stereocenters. The minimum Gasteiger partial charge on any atom is -0.494 e. The van der Waals surface area contributed by atoms with Gasteiger partial charge in [0.15, 0.2) is 0 Å². The highest BCUT2D eigenvalue weighted by molar-refractivity contribution is 6.30. The molecule has 0 amide bonds. The second kappa shape index (κ2) is 7.52. The van der Waals surface area contributed by atoms with Crippen molar-refractivity contribution in [2.24, 2.45) is 0 Å². The van der Waals surface area contributed by atoms with Crippen LogP contribution in [-0.2, 0) is 0 Å². The largest absolute Gasteiger partial charge is 0.494 e. The molecule has 2 rings (SSSR count). The molecule has 0 spiro atoms. The number of hydrogen-bond donors (Lipinski definition) is 0. The molecule has 0 aliphatic rings. The molecule has 106 valence electrons. The zero-order valence-electron chi connectivity index (χ0n) is 11.8. The zero-order valence-corrected chi connectivity index (χ0v) is 12.6. The van der Waals surface area contributed by atoms with Crippen LogP contribution in [0.3, 0.4) is 0 Å². The molecule has 0 fully saturated rings. The predicted octanol–water partition coefficient (Wildman–Crippen LogP) is 5.19. The summed E-state index contributed by atoms with van der Waals surface area (Å²) < 4.78 is 5.60. The van der Waals surface area contributed by atoms with E-state index in [1.165, 1.54) is 0 Å². The van der Waals surface area contributed by atoms with Crippen LogP contribution in [0.2, 0.25) is 5.02 Å². The molecule has 0 atom stereocenters. The van der Waals surface area contributed by atoms with E-state index in [-0.39, 0.29) is 0 Å². The number of halogens is 1. The minimum absolute atomic E-state index is 0.597. The van der Waals surface area contributed by atoms with E-state index in [0.29, 0.717) is 17.2 Å². The normalized spacial score (nSPS) is 11.0. The van der Waals surface area contributed by atoms with Gasteiger partial charge in [-0.3, -0.25) is 0 Å². The summed E-state index contributed by atoms with van der Waals surface area (Å²) in [6, 6.07) is 17.2. The van der Waals surface area contributed by atoms with E-state index in [0.717, 1.165) is 23.3 Å². The van der Waals surface area contributed by atoms with Crippen molar-refractivity contribution in [3.05, 3.63) is 64.7 Å². The lowest BCUT2D eigenvalue weighted by Gasteiger charge is -2.05. The van der Waals surface area contributed by atoms with Crippen molar-refractivity contribution in [1.29, 1.82) is 5.26 Å². The molecule has 0 aliphatic heterocycles. The van der Waals surface area contributed by atoms with E-state index < -0.39 is 0 Å². The van der Waals surface area contributed by atoms with Crippen LogP contribution >= 0.6 is 11.6 Å². The monoisotopic (exact) mass is 297 g/mol. The third-order valence-corrected chi connectivity index (χ3v) is 3.17. The van der Waals surface area contributed by atoms with Crippen molar-refractivity contribution in [1.82, 2.24) is 0 Å². The topological polar surface area (TPSA) is 33.0 Å². The Morgan fingerprint density at radius 1 is 1.24 bits per heavy atom. The first-order chi connectivity index (χ1) is 10.2. The number of nitriles is 1. The fraction of sp³-hybridized carbons (Fsp3) is 0.167. The highest BCUT2D eigenvalue weighted by Gasteiger charge is 2.02. The maximum absolute atomic E-state index is 9.34. The number of benzene rings is 2. The first-order valence-electron chi connectivity index (χ1n) is 6.83. The first-order valence-corrected chi connectivity index (χ1v) is 7.21. The first kappa shape index (κ1) is 15.2. The molecule has 0 heterocycles. The number of nitrogens with zero attached hydrogens (tertiary/aromatic N) is 1. The molecule has 0 radical (unpaired) electrons. The predicted molar refractivity (Wildman–Crippen MR) is 87.2 cm³/mol. The maximum Gasteiger partial charge on any atom is 0.119 e. The Kier molecular flexibility index (Phi) is 5.43. The van der Waals surface area contributed by atoms with E-state index in [1.54, 1.807) is 12.1 Å². The molecule has 21 heavy (non-hydrogen) atoms. The summed E-state index contributed by atoms with van der Waals surface area (Å²) in [6.07, 6.45) is 2.82. The summed E-state index contributed by atoms with van der Waals surface area (Å²) in [6.45, 7) is 2.76. The molecular weight excluding hydrogens is 282 g/mol. The van der Waals surface area contributed by atoms with Gasteiger partial charge in [0, 0.05) is 5.02 Å². The van der Waals surface area contributed by atoms with Crippen molar-refractivity contribution in [2.75, 3.05) is 6.61 Å². The summed E-state index contributed by atoms with van der Waals surface area (Å²) in [5.41, 5.74) is 2.39. The molecule has 2 nitrogen and oxygen atoms in total. The van der Waals surface area contributed by atoms with Gasteiger partial charge < -0.3 is 4.74 Å². The lowest BCUT2D eigenvalue weighted by molar-refractivity contribution is 0.317. The Morgan fingerprint density at radius 3 is 2.67 bits per heavy atom. The standard InChI is InChI=1S/C18H16ClNO/c1-2-10-21-18-5-3-4-14(12-18)11-16(13-20)15-6-8-17(19)9-7-15/h3-9,11-12H,2,10H2,1H3/b16-11+. The van der Waals surface area contributed by atoms with Crippen LogP contribution < -0.4 is 4.74 Å². The van der Waals surface area contributed by atoms with Gasteiger partial charge in [-0.1, -0.05) is 42.8 Å². The van der Waals surface area contributed by atoms with Gasteiger partial charge in [-0.25, -0.2) is 0 Å². The summed E-state index contributed by atoms with van der Waals surface area (Å²) in [5, 5.41) is 10.00. The molecule has 2 aromatic carbocycles. The average molecular weight is 298 g/mol. The molecule has 0 N–H and O–H groups in total. The smallest absolute Gasteiger partial charge is 0.119 e. The molecule has 3 heteroatoms. The van der Waals surface area contributed by atoms with E-state index in [9.17, 15) is 5.26 Å². The lowest BCUT2D eigenvalue weighted by atomic mass is 10.0. The van der Waals surface area contributed by atoms with Gasteiger partial charge in [0.2, 0.25) is 0 Å². The van der Waals surface area contributed by atoms with Gasteiger partial charge in [0.1, 0.15) is 5.75 Å². The molecule has 0 aromatic heterocycles. The van der Waals surface area contributed by atoms with Gasteiger partial charge in [-0.15, -0.1) is 0 Å². The second-order valence-electron chi connectivity index (χ2n) is 4.60. The minimum atomic E-state index is 0.597. The van der Waals surface area contributed by atoms with Crippen molar-refractivity contribution in [3.8, 4) is 11.8 Å². The molecule has 0 bridgehead atoms. The van der Waals surface area contributed by atoms with Crippen molar-refractivity contribution in [2.45, 2.75) is 13.3 Å². The van der Waals surface area contributed by atoms with Crippen LogP contribution in [0.15, 0.2) is 48.5 Å². The maximum atomic E-state index is 9.34. The fourth-order valence-electron chi connectivity index (χ4n) is 1.89. The third-order valence-electron chi connectivity index (χ3n) is 2.92. The highest BCUT2D eigenvalue weighted by atomic mass is 35.5. The summed E-state index contributed by atoms with van der Waals surface area (Å²) in [5.74, 6) is 0.819. The third kappa shape index (κ3) is 4.37. The van der Waals surface area contributed by atoms with E-state index >= 15 is 0 Å². The number of ether oxygens (including phenoxy) is 1. The number of rotatable bonds is 5. The number of allylic oxidation sites excluding steroid dienone is 1. The summed E-state index contributed by atoms with van der Waals surface area (Å²) in [7, 11) is 0. The second-order valence-corrected chi connectivity index (χ2v) is 5.03. The SMILES string of the molecule is CCCOc1cccc(/C=C(\C#N)c2ccc(Cl)cc2)c1. The van der Waals surface area contributed by atoms with Crippen LogP contribution in [-0.4, -0.2) is 6.61 Å². The average Bonchev–Trinajstić information content (AvgIpc) is 2.52. The lowest BCUT2D eigenvalue weighted by Crippen LogP contribution is -1.94. The van der Waals surface area contributed by atoms with Crippen molar-refractivity contribution in [3.63, 3.8) is 0 Å². The quantitative estimate of drug-likeness (QED) is 0.562. The van der Waals surface area contributed by atoms with Crippen LogP contribution in [0, 0.1) is 11.3 Å². The Balaban J connectivity index is 2.27. The van der Waals surface area contributed by atoms with E-state index in [1.807, 2.05) is 42.5 Å². The van der Waals surface area contributed by atoms with Gasteiger partial charge in [0.05, 0.1) is 18.2 Å². The highest BCUT2D eigenvalue weighted by Crippen LogP contribution is 2.22. The van der Waals surface area contributed by atoms with Crippen LogP contribution in [0.5, 0.6) is 5.75 Å². The van der Waals surface area contributed by atoms with Crippen molar-refractivity contribution < 1.29 is 4.74 Å².